The molecule has 0 aliphatic carbocycles. The number of carbonyl (C=O) groups excluding carboxylic acids is 1. The second-order valence-corrected chi connectivity index (χ2v) is 5.78. The van der Waals surface area contributed by atoms with Gasteiger partial charge in [-0.25, -0.2) is 0 Å². The maximum Gasteiger partial charge on any atom is 0.226 e. The number of ether oxygens (including phenoxy) is 1. The van der Waals surface area contributed by atoms with Crippen LogP contribution in [0.25, 0.3) is 0 Å². The first kappa shape index (κ1) is 17.2. The smallest absolute Gasteiger partial charge is 0.226 e. The van der Waals surface area contributed by atoms with Gasteiger partial charge in [0.15, 0.2) is 5.11 Å². The van der Waals surface area contributed by atoms with E-state index in [2.05, 4.69) is 17.2 Å². The molecular formula is C16H22N2O2S. The molecule has 0 heterocycles. The first-order valence-electron chi connectivity index (χ1n) is 6.85. The quantitative estimate of drug-likeness (QED) is 0.624. The predicted octanol–water partition coefficient (Wildman–Crippen LogP) is 3.50. The highest BCUT2D eigenvalue weighted by Crippen LogP contribution is 2.16. The molecule has 0 atom stereocenters. The lowest BCUT2D eigenvalue weighted by Gasteiger charge is -2.11. The summed E-state index contributed by atoms with van der Waals surface area (Å²) in [7, 11) is 0. The average Bonchev–Trinajstić information content (AvgIpc) is 2.36. The fourth-order valence-corrected chi connectivity index (χ4v) is 1.78. The summed E-state index contributed by atoms with van der Waals surface area (Å²) in [6.07, 6.45) is 0.454. The van der Waals surface area contributed by atoms with E-state index < -0.39 is 0 Å². The molecule has 1 aromatic carbocycles. The van der Waals surface area contributed by atoms with E-state index in [1.807, 2.05) is 45.0 Å². The zero-order valence-corrected chi connectivity index (χ0v) is 13.5. The van der Waals surface area contributed by atoms with Gasteiger partial charge in [0.1, 0.15) is 12.4 Å². The van der Waals surface area contributed by atoms with Crippen LogP contribution >= 0.6 is 12.2 Å². The molecule has 0 aromatic heterocycles. The van der Waals surface area contributed by atoms with Crippen LogP contribution in [0.1, 0.15) is 27.2 Å². The summed E-state index contributed by atoms with van der Waals surface area (Å²) in [5.41, 5.74) is 1.76. The number of thiocarbonyl (C=S) groups is 1. The van der Waals surface area contributed by atoms with Crippen molar-refractivity contribution in [3.8, 4) is 5.75 Å². The van der Waals surface area contributed by atoms with Gasteiger partial charge < -0.3 is 15.4 Å². The van der Waals surface area contributed by atoms with E-state index in [1.165, 1.54) is 0 Å². The number of amides is 1. The molecule has 0 fully saturated rings. The lowest BCUT2D eigenvalue weighted by Crippen LogP contribution is -2.34. The Bertz CT molecular complexity index is 510. The molecule has 0 saturated heterocycles. The van der Waals surface area contributed by atoms with Crippen LogP contribution in [-0.4, -0.2) is 17.6 Å². The van der Waals surface area contributed by atoms with Gasteiger partial charge in [-0.15, -0.1) is 0 Å². The minimum absolute atomic E-state index is 0.0797. The van der Waals surface area contributed by atoms with Crippen LogP contribution in [0.15, 0.2) is 36.4 Å². The largest absolute Gasteiger partial charge is 0.489 e. The Labute approximate surface area is 131 Å². The van der Waals surface area contributed by atoms with Crippen LogP contribution in [0.2, 0.25) is 0 Å². The molecule has 0 aliphatic heterocycles. The molecule has 1 aromatic rings. The van der Waals surface area contributed by atoms with Gasteiger partial charge in [-0.3, -0.25) is 4.79 Å². The fraction of sp³-hybridized carbons (Fsp3) is 0.375. The van der Waals surface area contributed by atoms with Crippen molar-refractivity contribution >= 4 is 28.9 Å². The van der Waals surface area contributed by atoms with Crippen LogP contribution in [0.5, 0.6) is 5.75 Å². The van der Waals surface area contributed by atoms with Crippen molar-refractivity contribution in [3.63, 3.8) is 0 Å². The molecule has 0 bridgehead atoms. The van der Waals surface area contributed by atoms with E-state index in [0.29, 0.717) is 24.1 Å². The summed E-state index contributed by atoms with van der Waals surface area (Å²) in [6, 6.07) is 7.36. The number of rotatable bonds is 6. The van der Waals surface area contributed by atoms with Gasteiger partial charge in [-0.2, -0.15) is 0 Å². The molecule has 4 nitrogen and oxygen atoms in total. The maximum atomic E-state index is 11.6. The Balaban J connectivity index is 2.46. The summed E-state index contributed by atoms with van der Waals surface area (Å²) >= 11 is 5.10. The highest BCUT2D eigenvalue weighted by molar-refractivity contribution is 7.80. The standard InChI is InChI=1S/C16H22N2O2S/c1-11(2)9-15(19)18-16(21)17-13-5-7-14(8-6-13)20-10-12(3)4/h5-8,11H,3,9-10H2,1-2,4H3,(H2,17,18,19,21). The normalized spacial score (nSPS) is 10.1. The number of hydrogen-bond donors (Lipinski definition) is 2. The minimum atomic E-state index is -0.0797. The molecule has 0 unspecified atom stereocenters. The third-order valence-corrected chi connectivity index (χ3v) is 2.65. The number of carbonyl (C=O) groups is 1. The van der Waals surface area contributed by atoms with E-state index in [0.717, 1.165) is 17.0 Å². The Morgan fingerprint density at radius 3 is 2.48 bits per heavy atom. The summed E-state index contributed by atoms with van der Waals surface area (Å²) in [5, 5.41) is 5.92. The predicted molar refractivity (Wildman–Crippen MR) is 90.6 cm³/mol. The Hall–Kier alpha value is -1.88. The molecule has 0 saturated carbocycles. The Morgan fingerprint density at radius 2 is 1.95 bits per heavy atom. The highest BCUT2D eigenvalue weighted by atomic mass is 32.1. The molecule has 2 N–H and O–H groups in total. The number of anilines is 1. The van der Waals surface area contributed by atoms with E-state index in [4.69, 9.17) is 17.0 Å². The van der Waals surface area contributed by atoms with Crippen molar-refractivity contribution in [2.75, 3.05) is 11.9 Å². The van der Waals surface area contributed by atoms with Crippen LogP contribution < -0.4 is 15.4 Å². The monoisotopic (exact) mass is 306 g/mol. The van der Waals surface area contributed by atoms with E-state index in [-0.39, 0.29) is 5.91 Å². The molecule has 0 aliphatic rings. The SMILES string of the molecule is C=C(C)COc1ccc(NC(=S)NC(=O)CC(C)C)cc1. The summed E-state index contributed by atoms with van der Waals surface area (Å²) in [5.74, 6) is 0.986. The third kappa shape index (κ3) is 7.46. The first-order valence-corrected chi connectivity index (χ1v) is 7.25. The van der Waals surface area contributed by atoms with Gasteiger partial charge in [-0.1, -0.05) is 20.4 Å². The highest BCUT2D eigenvalue weighted by Gasteiger charge is 2.07. The Kier molecular flexibility index (Phi) is 6.88. The van der Waals surface area contributed by atoms with E-state index >= 15 is 0 Å². The van der Waals surface area contributed by atoms with Gasteiger partial charge in [0.25, 0.3) is 0 Å². The van der Waals surface area contributed by atoms with Crippen molar-refractivity contribution in [2.45, 2.75) is 27.2 Å². The van der Waals surface area contributed by atoms with Crippen molar-refractivity contribution < 1.29 is 9.53 Å². The van der Waals surface area contributed by atoms with Gasteiger partial charge in [0.05, 0.1) is 0 Å². The average molecular weight is 306 g/mol. The summed E-state index contributed by atoms with van der Waals surface area (Å²) in [6.45, 7) is 10.2. The number of benzene rings is 1. The molecule has 0 radical (unpaired) electrons. The number of nitrogens with one attached hydrogen (secondary N) is 2. The van der Waals surface area contributed by atoms with Crippen molar-refractivity contribution in [3.05, 3.63) is 36.4 Å². The van der Waals surface area contributed by atoms with Gasteiger partial charge >= 0.3 is 0 Å². The van der Waals surface area contributed by atoms with Crippen molar-refractivity contribution in [1.29, 1.82) is 0 Å². The van der Waals surface area contributed by atoms with Crippen molar-refractivity contribution in [2.24, 2.45) is 5.92 Å². The van der Waals surface area contributed by atoms with Crippen LogP contribution in [0, 0.1) is 5.92 Å². The zero-order valence-electron chi connectivity index (χ0n) is 12.7. The third-order valence-electron chi connectivity index (χ3n) is 2.44. The zero-order chi connectivity index (χ0) is 15.8. The van der Waals surface area contributed by atoms with Crippen molar-refractivity contribution in [1.82, 2.24) is 5.32 Å². The van der Waals surface area contributed by atoms with Crippen LogP contribution in [0.4, 0.5) is 5.69 Å². The molecule has 1 amide bonds. The van der Waals surface area contributed by atoms with Gasteiger partial charge in [0, 0.05) is 12.1 Å². The molecule has 5 heteroatoms. The van der Waals surface area contributed by atoms with E-state index in [1.54, 1.807) is 0 Å². The van der Waals surface area contributed by atoms with E-state index in [9.17, 15) is 4.79 Å². The summed E-state index contributed by atoms with van der Waals surface area (Å²) in [4.78, 5) is 11.6. The van der Waals surface area contributed by atoms with Gasteiger partial charge in [0.2, 0.25) is 5.91 Å². The van der Waals surface area contributed by atoms with Gasteiger partial charge in [-0.05, 0) is 54.9 Å². The second kappa shape index (κ2) is 8.42. The molecule has 21 heavy (non-hydrogen) atoms. The fourth-order valence-electron chi connectivity index (χ4n) is 1.55. The molecule has 114 valence electrons. The topological polar surface area (TPSA) is 50.4 Å². The number of hydrogen-bond acceptors (Lipinski definition) is 3. The lowest BCUT2D eigenvalue weighted by molar-refractivity contribution is -0.120. The van der Waals surface area contributed by atoms with Crippen LogP contribution in [0.3, 0.4) is 0 Å². The molecular weight excluding hydrogens is 284 g/mol. The Morgan fingerprint density at radius 1 is 1.33 bits per heavy atom. The maximum absolute atomic E-state index is 11.6. The molecule has 0 spiro atoms. The first-order chi connectivity index (χ1) is 9.86. The minimum Gasteiger partial charge on any atom is -0.489 e. The van der Waals surface area contributed by atoms with Crippen LogP contribution in [-0.2, 0) is 4.79 Å². The second-order valence-electron chi connectivity index (χ2n) is 5.37. The summed E-state index contributed by atoms with van der Waals surface area (Å²) < 4.78 is 5.51. The molecule has 1 rings (SSSR count). The lowest BCUT2D eigenvalue weighted by atomic mass is 10.1.